The van der Waals surface area contributed by atoms with Crippen LogP contribution in [0, 0.1) is 6.92 Å². The van der Waals surface area contributed by atoms with E-state index in [4.69, 9.17) is 4.74 Å². The van der Waals surface area contributed by atoms with Gasteiger partial charge in [0.1, 0.15) is 12.6 Å². The molecule has 5 nitrogen and oxygen atoms in total. The van der Waals surface area contributed by atoms with E-state index in [9.17, 15) is 14.7 Å². The van der Waals surface area contributed by atoms with Gasteiger partial charge in [0, 0.05) is 19.4 Å². The predicted molar refractivity (Wildman–Crippen MR) is 119 cm³/mol. The molecule has 0 saturated heterocycles. The quantitative estimate of drug-likeness (QED) is 0.624. The number of fused-ring (bicyclic) bond motifs is 3. The molecule has 0 bridgehead atoms. The van der Waals surface area contributed by atoms with Gasteiger partial charge in [-0.15, -0.1) is 0 Å². The van der Waals surface area contributed by atoms with Crippen molar-refractivity contribution in [3.05, 3.63) is 95.1 Å². The highest BCUT2D eigenvalue weighted by molar-refractivity contribution is 5.81. The van der Waals surface area contributed by atoms with E-state index in [1.165, 1.54) is 11.9 Å². The second-order valence-electron chi connectivity index (χ2n) is 7.96. The third kappa shape index (κ3) is 4.17. The Balaban J connectivity index is 1.48. The molecule has 0 spiro atoms. The minimum absolute atomic E-state index is 0.0650. The fourth-order valence-corrected chi connectivity index (χ4v) is 4.28. The predicted octanol–water partition coefficient (Wildman–Crippen LogP) is 4.87. The van der Waals surface area contributed by atoms with E-state index in [2.05, 4.69) is 24.3 Å². The highest BCUT2D eigenvalue weighted by Gasteiger charge is 2.32. The molecule has 3 aromatic rings. The Labute approximate surface area is 181 Å². The molecule has 1 aliphatic rings. The minimum atomic E-state index is -1.06. The normalized spacial score (nSPS) is 13.2. The maximum Gasteiger partial charge on any atom is 0.410 e. The molecule has 1 aliphatic carbocycles. The van der Waals surface area contributed by atoms with E-state index >= 15 is 0 Å². The summed E-state index contributed by atoms with van der Waals surface area (Å²) in [6, 6.07) is 22.8. The first kappa shape index (κ1) is 20.7. The van der Waals surface area contributed by atoms with E-state index in [0.717, 1.165) is 33.4 Å². The molecule has 4 rings (SSSR count). The van der Waals surface area contributed by atoms with Crippen LogP contribution in [0.1, 0.15) is 28.2 Å². The summed E-state index contributed by atoms with van der Waals surface area (Å²) in [5.74, 6) is -1.12. The van der Waals surface area contributed by atoms with Crippen molar-refractivity contribution >= 4 is 12.1 Å². The Morgan fingerprint density at radius 2 is 1.58 bits per heavy atom. The molecule has 158 valence electrons. The summed E-state index contributed by atoms with van der Waals surface area (Å²) in [5.41, 5.74) is 6.45. The lowest BCUT2D eigenvalue weighted by Gasteiger charge is -2.25. The Morgan fingerprint density at radius 3 is 2.16 bits per heavy atom. The number of carboxylic acids is 1. The van der Waals surface area contributed by atoms with E-state index in [-0.39, 0.29) is 18.9 Å². The van der Waals surface area contributed by atoms with Crippen molar-refractivity contribution in [1.29, 1.82) is 0 Å². The van der Waals surface area contributed by atoms with Gasteiger partial charge in [0.15, 0.2) is 0 Å². The summed E-state index contributed by atoms with van der Waals surface area (Å²) in [5, 5.41) is 9.71. The van der Waals surface area contributed by atoms with Crippen LogP contribution < -0.4 is 0 Å². The number of aryl methyl sites for hydroxylation is 1. The molecule has 3 aromatic carbocycles. The molecule has 1 amide bonds. The molecule has 0 fully saturated rings. The summed E-state index contributed by atoms with van der Waals surface area (Å²) in [6.45, 7) is 2.11. The lowest BCUT2D eigenvalue weighted by Crippen LogP contribution is -2.44. The molecule has 31 heavy (non-hydrogen) atoms. The van der Waals surface area contributed by atoms with E-state index < -0.39 is 18.1 Å². The largest absolute Gasteiger partial charge is 0.480 e. The Kier molecular flexibility index (Phi) is 5.76. The average molecular weight is 415 g/mol. The first-order chi connectivity index (χ1) is 15.0. The van der Waals surface area contributed by atoms with Crippen LogP contribution in [0.15, 0.2) is 72.8 Å². The zero-order chi connectivity index (χ0) is 22.0. The van der Waals surface area contributed by atoms with Crippen molar-refractivity contribution in [3.8, 4) is 11.1 Å². The highest BCUT2D eigenvalue weighted by atomic mass is 16.6. The summed E-state index contributed by atoms with van der Waals surface area (Å²) >= 11 is 0. The van der Waals surface area contributed by atoms with Gasteiger partial charge in [-0.3, -0.25) is 4.90 Å². The van der Waals surface area contributed by atoms with Crippen molar-refractivity contribution in [2.75, 3.05) is 13.7 Å². The van der Waals surface area contributed by atoms with Crippen molar-refractivity contribution in [2.45, 2.75) is 25.3 Å². The number of hydrogen-bond acceptors (Lipinski definition) is 3. The highest BCUT2D eigenvalue weighted by Crippen LogP contribution is 2.44. The second kappa shape index (κ2) is 8.64. The zero-order valence-corrected chi connectivity index (χ0v) is 17.6. The Hall–Kier alpha value is -3.60. The minimum Gasteiger partial charge on any atom is -0.480 e. The van der Waals surface area contributed by atoms with E-state index in [1.807, 2.05) is 55.5 Å². The first-order valence-electron chi connectivity index (χ1n) is 10.3. The topological polar surface area (TPSA) is 66.8 Å². The smallest absolute Gasteiger partial charge is 0.410 e. The number of hydrogen-bond donors (Lipinski definition) is 1. The summed E-state index contributed by atoms with van der Waals surface area (Å²) in [7, 11) is 1.48. The maximum atomic E-state index is 12.8. The van der Waals surface area contributed by atoms with Gasteiger partial charge in [-0.2, -0.15) is 0 Å². The molecule has 1 atom stereocenters. The third-order valence-electron chi connectivity index (χ3n) is 5.89. The maximum absolute atomic E-state index is 12.8. The van der Waals surface area contributed by atoms with Crippen LogP contribution >= 0.6 is 0 Å². The fourth-order valence-electron chi connectivity index (χ4n) is 4.28. The molecule has 1 N–H and O–H groups in total. The molecule has 0 radical (unpaired) electrons. The summed E-state index contributed by atoms with van der Waals surface area (Å²) in [6.07, 6.45) is -0.417. The monoisotopic (exact) mass is 415 g/mol. The van der Waals surface area contributed by atoms with Gasteiger partial charge in [0.2, 0.25) is 0 Å². The molecule has 5 heteroatoms. The lowest BCUT2D eigenvalue weighted by molar-refractivity contribution is -0.142. The number of nitrogens with zero attached hydrogens (tertiary/aromatic N) is 1. The summed E-state index contributed by atoms with van der Waals surface area (Å²) < 4.78 is 5.62. The molecule has 0 aromatic heterocycles. The zero-order valence-electron chi connectivity index (χ0n) is 17.6. The van der Waals surface area contributed by atoms with Gasteiger partial charge < -0.3 is 9.84 Å². The Morgan fingerprint density at radius 1 is 0.968 bits per heavy atom. The number of benzene rings is 3. The standard InChI is InChI=1S/C26H25NO4/c1-17-8-7-9-18(14-17)15-24(25(28)29)27(2)26(30)31-16-23-21-12-5-3-10-19(21)20-11-4-6-13-22(20)23/h3-14,23-24H,15-16H2,1-2H3,(H,28,29). The van der Waals surface area contributed by atoms with Crippen molar-refractivity contribution < 1.29 is 19.4 Å². The van der Waals surface area contributed by atoms with Gasteiger partial charge in [-0.05, 0) is 34.7 Å². The number of amides is 1. The average Bonchev–Trinajstić information content (AvgIpc) is 3.09. The molecule has 0 saturated carbocycles. The SMILES string of the molecule is Cc1cccc(CC(C(=O)O)N(C)C(=O)OCC2c3ccccc3-c3ccccc32)c1. The van der Waals surface area contributed by atoms with E-state index in [0.29, 0.717) is 0 Å². The first-order valence-corrected chi connectivity index (χ1v) is 10.3. The van der Waals surface area contributed by atoms with Crippen LogP contribution in [0.3, 0.4) is 0 Å². The number of carbonyl (C=O) groups excluding carboxylic acids is 1. The lowest BCUT2D eigenvalue weighted by atomic mass is 9.98. The molecule has 0 heterocycles. The van der Waals surface area contributed by atoms with Gasteiger partial charge in [-0.1, -0.05) is 78.4 Å². The van der Waals surface area contributed by atoms with Crippen LogP contribution in [0.25, 0.3) is 11.1 Å². The number of carbonyl (C=O) groups is 2. The molecule has 0 aliphatic heterocycles. The third-order valence-corrected chi connectivity index (χ3v) is 5.89. The van der Waals surface area contributed by atoms with Crippen molar-refractivity contribution in [2.24, 2.45) is 0 Å². The van der Waals surface area contributed by atoms with Gasteiger partial charge >= 0.3 is 12.1 Å². The molecular weight excluding hydrogens is 390 g/mol. The Bertz CT molecular complexity index is 1080. The number of aliphatic carboxylic acids is 1. The number of carboxylic acid groups (broad SMARTS) is 1. The van der Waals surface area contributed by atoms with Crippen molar-refractivity contribution in [3.63, 3.8) is 0 Å². The number of likely N-dealkylation sites (N-methyl/N-ethyl adjacent to an activating group) is 1. The second-order valence-corrected chi connectivity index (χ2v) is 7.96. The van der Waals surface area contributed by atoms with Crippen LogP contribution in [-0.2, 0) is 16.0 Å². The van der Waals surface area contributed by atoms with Gasteiger partial charge in [-0.25, -0.2) is 9.59 Å². The molecule has 1 unspecified atom stereocenters. The fraction of sp³-hybridized carbons (Fsp3) is 0.231. The number of rotatable bonds is 6. The van der Waals surface area contributed by atoms with Crippen LogP contribution in [-0.4, -0.2) is 41.8 Å². The van der Waals surface area contributed by atoms with Gasteiger partial charge in [0.05, 0.1) is 0 Å². The van der Waals surface area contributed by atoms with Crippen LogP contribution in [0.4, 0.5) is 4.79 Å². The van der Waals surface area contributed by atoms with Crippen LogP contribution in [0.5, 0.6) is 0 Å². The number of ether oxygens (including phenoxy) is 1. The van der Waals surface area contributed by atoms with Crippen LogP contribution in [0.2, 0.25) is 0 Å². The summed E-state index contributed by atoms with van der Waals surface area (Å²) in [4.78, 5) is 25.8. The molecular formula is C26H25NO4. The van der Waals surface area contributed by atoms with Crippen molar-refractivity contribution in [1.82, 2.24) is 4.90 Å². The van der Waals surface area contributed by atoms with E-state index in [1.54, 1.807) is 0 Å². The van der Waals surface area contributed by atoms with Gasteiger partial charge in [0.25, 0.3) is 0 Å².